The van der Waals surface area contributed by atoms with Crippen molar-refractivity contribution in [2.75, 3.05) is 5.32 Å². The van der Waals surface area contributed by atoms with Crippen LogP contribution in [0.5, 0.6) is 0 Å². The number of hydrogen-bond acceptors (Lipinski definition) is 3. The second kappa shape index (κ2) is 7.45. The van der Waals surface area contributed by atoms with Gasteiger partial charge in [-0.2, -0.15) is 0 Å². The van der Waals surface area contributed by atoms with Crippen LogP contribution in [-0.4, -0.2) is 22.3 Å². The average molecular weight is 346 g/mol. The third-order valence-corrected chi connectivity index (χ3v) is 3.44. The van der Waals surface area contributed by atoms with Gasteiger partial charge in [-0.15, -0.1) is 0 Å². The van der Waals surface area contributed by atoms with E-state index < -0.39 is 0 Å². The fraction of sp³-hybridized carbons (Fsp3) is 0.278. The van der Waals surface area contributed by atoms with Crippen LogP contribution >= 0.6 is 11.6 Å². The summed E-state index contributed by atoms with van der Waals surface area (Å²) in [5.41, 5.74) is 1.15. The van der Waals surface area contributed by atoms with Gasteiger partial charge >= 0.3 is 0 Å². The van der Waals surface area contributed by atoms with Gasteiger partial charge in [0, 0.05) is 22.4 Å². The molecule has 1 aromatic carbocycles. The van der Waals surface area contributed by atoms with E-state index in [1.165, 1.54) is 6.20 Å². The molecule has 0 saturated carbocycles. The summed E-state index contributed by atoms with van der Waals surface area (Å²) in [6.45, 7) is 5.67. The number of benzene rings is 1. The Kier molecular flexibility index (Phi) is 5.57. The summed E-state index contributed by atoms with van der Waals surface area (Å²) in [4.78, 5) is 28.3. The first kappa shape index (κ1) is 17.9. The number of carbonyl (C=O) groups is 2. The highest BCUT2D eigenvalue weighted by Crippen LogP contribution is 2.16. The third-order valence-electron chi connectivity index (χ3n) is 3.07. The molecule has 1 aromatic heterocycles. The number of nitrogens with zero attached hydrogens (tertiary/aromatic N) is 1. The van der Waals surface area contributed by atoms with Crippen molar-refractivity contribution >= 4 is 29.1 Å². The van der Waals surface area contributed by atoms with Gasteiger partial charge in [-0.3, -0.25) is 14.6 Å². The summed E-state index contributed by atoms with van der Waals surface area (Å²) in [5, 5.41) is 6.14. The Hall–Kier alpha value is -2.40. The van der Waals surface area contributed by atoms with Gasteiger partial charge < -0.3 is 10.6 Å². The molecule has 2 rings (SSSR count). The fourth-order valence-corrected chi connectivity index (χ4v) is 2.26. The zero-order chi connectivity index (χ0) is 17.7. The maximum Gasteiger partial charge on any atom is 0.270 e. The maximum absolute atomic E-state index is 12.2. The molecule has 2 N–H and O–H groups in total. The lowest BCUT2D eigenvalue weighted by Gasteiger charge is -2.20. The van der Waals surface area contributed by atoms with Crippen LogP contribution in [0.15, 0.2) is 42.6 Å². The summed E-state index contributed by atoms with van der Waals surface area (Å²) >= 11 is 6.06. The topological polar surface area (TPSA) is 71.1 Å². The SMILES string of the molecule is CC(C)(C)NC(=O)c1cc(NC(=O)Cc2ccccc2Cl)ccn1. The van der Waals surface area contributed by atoms with Crippen molar-refractivity contribution in [2.45, 2.75) is 32.7 Å². The van der Waals surface area contributed by atoms with Crippen molar-refractivity contribution in [1.82, 2.24) is 10.3 Å². The Bertz CT molecular complexity index is 754. The van der Waals surface area contributed by atoms with Crippen LogP contribution in [0.2, 0.25) is 5.02 Å². The lowest BCUT2D eigenvalue weighted by atomic mass is 10.1. The molecule has 0 spiro atoms. The number of amides is 2. The molecule has 24 heavy (non-hydrogen) atoms. The van der Waals surface area contributed by atoms with E-state index in [4.69, 9.17) is 11.6 Å². The maximum atomic E-state index is 12.2. The third kappa shape index (κ3) is 5.35. The summed E-state index contributed by atoms with van der Waals surface area (Å²) < 4.78 is 0. The van der Waals surface area contributed by atoms with E-state index >= 15 is 0 Å². The average Bonchev–Trinajstić information content (AvgIpc) is 2.48. The zero-order valence-electron chi connectivity index (χ0n) is 13.9. The van der Waals surface area contributed by atoms with Crippen molar-refractivity contribution in [3.63, 3.8) is 0 Å². The van der Waals surface area contributed by atoms with E-state index in [-0.39, 0.29) is 29.5 Å². The number of hydrogen-bond donors (Lipinski definition) is 2. The fourth-order valence-electron chi connectivity index (χ4n) is 2.06. The number of aromatic nitrogens is 1. The molecule has 126 valence electrons. The molecule has 0 fully saturated rings. The predicted molar refractivity (Wildman–Crippen MR) is 95.2 cm³/mol. The number of anilines is 1. The largest absolute Gasteiger partial charge is 0.346 e. The van der Waals surface area contributed by atoms with Gasteiger partial charge in [-0.25, -0.2) is 0 Å². The molecular weight excluding hydrogens is 326 g/mol. The van der Waals surface area contributed by atoms with Crippen LogP contribution < -0.4 is 10.6 Å². The first-order valence-electron chi connectivity index (χ1n) is 7.56. The minimum absolute atomic E-state index is 0.158. The van der Waals surface area contributed by atoms with Gasteiger partial charge in [0.1, 0.15) is 5.69 Å². The Morgan fingerprint density at radius 1 is 1.17 bits per heavy atom. The van der Waals surface area contributed by atoms with Gasteiger partial charge in [0.05, 0.1) is 6.42 Å². The number of pyridine rings is 1. The molecular formula is C18H20ClN3O2. The van der Waals surface area contributed by atoms with E-state index in [0.29, 0.717) is 10.7 Å². The number of carbonyl (C=O) groups excluding carboxylic acids is 2. The van der Waals surface area contributed by atoms with Crippen LogP contribution in [0.1, 0.15) is 36.8 Å². The van der Waals surface area contributed by atoms with Gasteiger partial charge in [-0.1, -0.05) is 29.8 Å². The van der Waals surface area contributed by atoms with Crippen LogP contribution in [-0.2, 0) is 11.2 Å². The van der Waals surface area contributed by atoms with Crippen molar-refractivity contribution < 1.29 is 9.59 Å². The quantitative estimate of drug-likeness (QED) is 0.891. The Morgan fingerprint density at radius 3 is 2.54 bits per heavy atom. The minimum Gasteiger partial charge on any atom is -0.346 e. The lowest BCUT2D eigenvalue weighted by molar-refractivity contribution is -0.115. The summed E-state index contributed by atoms with van der Waals surface area (Å²) in [5.74, 6) is -0.499. The molecule has 0 aliphatic heterocycles. The highest BCUT2D eigenvalue weighted by Gasteiger charge is 2.17. The second-order valence-corrected chi connectivity index (χ2v) is 6.86. The molecule has 0 radical (unpaired) electrons. The molecule has 0 atom stereocenters. The number of halogens is 1. The van der Waals surface area contributed by atoms with E-state index in [2.05, 4.69) is 15.6 Å². The highest BCUT2D eigenvalue weighted by atomic mass is 35.5. The first-order chi connectivity index (χ1) is 11.2. The first-order valence-corrected chi connectivity index (χ1v) is 7.94. The zero-order valence-corrected chi connectivity index (χ0v) is 14.6. The molecule has 0 saturated heterocycles. The van der Waals surface area contributed by atoms with Crippen molar-refractivity contribution in [3.8, 4) is 0 Å². The molecule has 0 unspecified atom stereocenters. The molecule has 6 heteroatoms. The van der Waals surface area contributed by atoms with E-state index in [9.17, 15) is 9.59 Å². The molecule has 5 nitrogen and oxygen atoms in total. The van der Waals surface area contributed by atoms with E-state index in [1.807, 2.05) is 32.9 Å². The molecule has 0 aliphatic carbocycles. The van der Waals surface area contributed by atoms with Crippen molar-refractivity contribution in [2.24, 2.45) is 0 Å². The standard InChI is InChI=1S/C18H20ClN3O2/c1-18(2,3)22-17(24)15-11-13(8-9-20-15)21-16(23)10-12-6-4-5-7-14(12)19/h4-9,11H,10H2,1-3H3,(H,22,24)(H,20,21,23). The van der Waals surface area contributed by atoms with Crippen LogP contribution in [0.25, 0.3) is 0 Å². The minimum atomic E-state index is -0.359. The summed E-state index contributed by atoms with van der Waals surface area (Å²) in [6, 6.07) is 10.4. The Balaban J connectivity index is 2.05. The number of rotatable bonds is 4. The smallest absolute Gasteiger partial charge is 0.270 e. The van der Waals surface area contributed by atoms with Gasteiger partial charge in [0.25, 0.3) is 5.91 Å². The second-order valence-electron chi connectivity index (χ2n) is 6.45. The molecule has 0 bridgehead atoms. The van der Waals surface area contributed by atoms with Crippen LogP contribution in [0, 0.1) is 0 Å². The van der Waals surface area contributed by atoms with E-state index in [1.54, 1.807) is 24.3 Å². The molecule has 0 aliphatic rings. The van der Waals surface area contributed by atoms with Crippen molar-refractivity contribution in [1.29, 1.82) is 0 Å². The molecule has 2 amide bonds. The molecule has 2 aromatic rings. The Morgan fingerprint density at radius 2 is 1.88 bits per heavy atom. The Labute approximate surface area is 146 Å². The van der Waals surface area contributed by atoms with Gasteiger partial charge in [0.2, 0.25) is 5.91 Å². The summed E-state index contributed by atoms with van der Waals surface area (Å²) in [7, 11) is 0. The monoisotopic (exact) mass is 345 g/mol. The van der Waals surface area contributed by atoms with Crippen molar-refractivity contribution in [3.05, 3.63) is 58.9 Å². The van der Waals surface area contributed by atoms with E-state index in [0.717, 1.165) is 5.56 Å². The highest BCUT2D eigenvalue weighted by molar-refractivity contribution is 6.31. The molecule has 1 heterocycles. The van der Waals surface area contributed by atoms with Crippen LogP contribution in [0.4, 0.5) is 5.69 Å². The summed E-state index contributed by atoms with van der Waals surface area (Å²) in [6.07, 6.45) is 1.65. The predicted octanol–water partition coefficient (Wildman–Crippen LogP) is 3.44. The van der Waals surface area contributed by atoms with Crippen LogP contribution in [0.3, 0.4) is 0 Å². The van der Waals surface area contributed by atoms with Gasteiger partial charge in [0.15, 0.2) is 0 Å². The normalized spacial score (nSPS) is 11.0. The lowest BCUT2D eigenvalue weighted by Crippen LogP contribution is -2.40. The van der Waals surface area contributed by atoms with Gasteiger partial charge in [-0.05, 0) is 44.5 Å². The number of nitrogens with one attached hydrogen (secondary N) is 2.